The summed E-state index contributed by atoms with van der Waals surface area (Å²) in [4.78, 5) is 4.28. The number of aromatic nitrogens is 1. The molecule has 0 aliphatic heterocycles. The van der Waals surface area contributed by atoms with E-state index in [1.165, 1.54) is 0 Å². The van der Waals surface area contributed by atoms with E-state index >= 15 is 0 Å². The molecule has 92 valence electrons. The van der Waals surface area contributed by atoms with E-state index in [2.05, 4.69) is 17.1 Å². The zero-order valence-electron chi connectivity index (χ0n) is 10.4. The van der Waals surface area contributed by atoms with Crippen LogP contribution in [0.5, 0.6) is 0 Å². The molecular weight excluding hydrogens is 234 g/mol. The molecule has 0 fully saturated rings. The van der Waals surface area contributed by atoms with Crippen LogP contribution in [0.2, 0.25) is 0 Å². The van der Waals surface area contributed by atoms with Gasteiger partial charge in [0, 0.05) is 17.8 Å². The molecule has 0 aliphatic carbocycles. The fourth-order valence-corrected chi connectivity index (χ4v) is 2.08. The summed E-state index contributed by atoms with van der Waals surface area (Å²) in [6.07, 6.45) is 2.32. The van der Waals surface area contributed by atoms with Gasteiger partial charge < -0.3 is 0 Å². The molecule has 1 atom stereocenters. The first-order valence-corrected chi connectivity index (χ1v) is 6.09. The van der Waals surface area contributed by atoms with Crippen LogP contribution in [0.4, 0.5) is 0 Å². The molecule has 3 nitrogen and oxygen atoms in total. The highest BCUT2D eigenvalue weighted by Crippen LogP contribution is 2.27. The molecule has 19 heavy (non-hydrogen) atoms. The van der Waals surface area contributed by atoms with E-state index in [1.807, 2.05) is 48.5 Å². The van der Waals surface area contributed by atoms with Crippen molar-refractivity contribution in [1.82, 2.24) is 4.98 Å². The summed E-state index contributed by atoms with van der Waals surface area (Å²) in [5, 5.41) is 18.3. The van der Waals surface area contributed by atoms with Gasteiger partial charge in [0.05, 0.1) is 12.1 Å². The summed E-state index contributed by atoms with van der Waals surface area (Å²) < 4.78 is 0. The van der Waals surface area contributed by atoms with Crippen molar-refractivity contribution in [2.45, 2.75) is 12.3 Å². The summed E-state index contributed by atoms with van der Waals surface area (Å²) in [5.74, 6) is -0.810. The largest absolute Gasteiger partial charge is 0.261 e. The first-order valence-electron chi connectivity index (χ1n) is 6.09. The molecule has 0 saturated heterocycles. The molecule has 2 rings (SSSR count). The highest BCUT2D eigenvalue weighted by molar-refractivity contribution is 5.27. The molecule has 1 aromatic heterocycles. The van der Waals surface area contributed by atoms with Crippen molar-refractivity contribution in [2.24, 2.45) is 5.92 Å². The summed E-state index contributed by atoms with van der Waals surface area (Å²) in [5.41, 5.74) is 1.90. The molecular formula is C16H13N3. The lowest BCUT2D eigenvalue weighted by Gasteiger charge is -2.17. The minimum Gasteiger partial charge on any atom is -0.261 e. The average molecular weight is 247 g/mol. The van der Waals surface area contributed by atoms with Crippen molar-refractivity contribution in [3.05, 3.63) is 66.0 Å². The van der Waals surface area contributed by atoms with E-state index in [-0.39, 0.29) is 5.92 Å². The summed E-state index contributed by atoms with van der Waals surface area (Å²) >= 11 is 0. The minimum atomic E-state index is -0.663. The molecule has 0 bridgehead atoms. The first kappa shape index (κ1) is 12.8. The number of nitrogens with zero attached hydrogens (tertiary/aromatic N) is 3. The molecule has 1 unspecified atom stereocenters. The van der Waals surface area contributed by atoms with Crippen LogP contribution in [0.15, 0.2) is 54.7 Å². The fourth-order valence-electron chi connectivity index (χ4n) is 2.08. The highest BCUT2D eigenvalue weighted by Gasteiger charge is 2.23. The van der Waals surface area contributed by atoms with Crippen molar-refractivity contribution >= 4 is 0 Å². The number of pyridine rings is 1. The fraction of sp³-hybridized carbons (Fsp3) is 0.188. The van der Waals surface area contributed by atoms with E-state index in [4.69, 9.17) is 10.5 Å². The monoisotopic (exact) mass is 247 g/mol. The van der Waals surface area contributed by atoms with Gasteiger partial charge in [-0.1, -0.05) is 36.4 Å². The van der Waals surface area contributed by atoms with Crippen LogP contribution < -0.4 is 0 Å². The van der Waals surface area contributed by atoms with Gasteiger partial charge in [0.1, 0.15) is 5.92 Å². The number of rotatable bonds is 4. The van der Waals surface area contributed by atoms with Gasteiger partial charge in [-0.25, -0.2) is 0 Å². The number of hydrogen-bond acceptors (Lipinski definition) is 3. The summed E-state index contributed by atoms with van der Waals surface area (Å²) in [6, 6.07) is 19.5. The second-order valence-electron chi connectivity index (χ2n) is 4.28. The van der Waals surface area contributed by atoms with Crippen molar-refractivity contribution in [1.29, 1.82) is 10.5 Å². The lowest BCUT2D eigenvalue weighted by Crippen LogP contribution is -2.13. The van der Waals surface area contributed by atoms with E-state index in [9.17, 15) is 0 Å². The molecule has 3 heteroatoms. The molecule has 0 amide bonds. The predicted molar refractivity (Wildman–Crippen MR) is 71.8 cm³/mol. The molecule has 0 spiro atoms. The maximum absolute atomic E-state index is 9.14. The molecule has 1 heterocycles. The standard InChI is InChI=1S/C16H13N3/c17-11-14(12-18)16(13-6-2-1-3-7-13)10-15-8-4-5-9-19-15/h1-9,14,16H,10H2. The van der Waals surface area contributed by atoms with Crippen LogP contribution in [0.25, 0.3) is 0 Å². The van der Waals surface area contributed by atoms with Gasteiger partial charge >= 0.3 is 0 Å². The lowest BCUT2D eigenvalue weighted by molar-refractivity contribution is 0.600. The van der Waals surface area contributed by atoms with Crippen LogP contribution in [0, 0.1) is 28.6 Å². The van der Waals surface area contributed by atoms with E-state index in [1.54, 1.807) is 6.20 Å². The topological polar surface area (TPSA) is 60.5 Å². The van der Waals surface area contributed by atoms with Crippen molar-refractivity contribution in [3.8, 4) is 12.1 Å². The number of nitriles is 2. The second-order valence-corrected chi connectivity index (χ2v) is 4.28. The predicted octanol–water partition coefficient (Wildman–Crippen LogP) is 3.07. The van der Waals surface area contributed by atoms with Crippen LogP contribution in [0.3, 0.4) is 0 Å². The Labute approximate surface area is 112 Å². The Bertz CT molecular complexity index is 579. The Morgan fingerprint density at radius 3 is 2.21 bits per heavy atom. The van der Waals surface area contributed by atoms with Crippen molar-refractivity contribution in [3.63, 3.8) is 0 Å². The van der Waals surface area contributed by atoms with Gasteiger partial charge in [0.25, 0.3) is 0 Å². The molecule has 0 saturated carbocycles. The van der Waals surface area contributed by atoms with E-state index < -0.39 is 5.92 Å². The van der Waals surface area contributed by atoms with Gasteiger partial charge in [-0.05, 0) is 24.1 Å². The molecule has 0 radical (unpaired) electrons. The Kier molecular flexibility index (Phi) is 4.26. The summed E-state index contributed by atoms with van der Waals surface area (Å²) in [7, 11) is 0. The van der Waals surface area contributed by atoms with E-state index in [0.717, 1.165) is 11.3 Å². The van der Waals surface area contributed by atoms with Gasteiger partial charge in [0.2, 0.25) is 0 Å². The lowest BCUT2D eigenvalue weighted by atomic mass is 9.84. The normalized spacial score (nSPS) is 11.5. The second kappa shape index (κ2) is 6.33. The quantitative estimate of drug-likeness (QED) is 0.834. The van der Waals surface area contributed by atoms with E-state index in [0.29, 0.717) is 6.42 Å². The third-order valence-electron chi connectivity index (χ3n) is 3.06. The van der Waals surface area contributed by atoms with Crippen molar-refractivity contribution < 1.29 is 0 Å². The Morgan fingerprint density at radius 2 is 1.63 bits per heavy atom. The van der Waals surface area contributed by atoms with Gasteiger partial charge in [-0.15, -0.1) is 0 Å². The number of hydrogen-bond donors (Lipinski definition) is 0. The van der Waals surface area contributed by atoms with Crippen molar-refractivity contribution in [2.75, 3.05) is 0 Å². The van der Waals surface area contributed by atoms with Crippen LogP contribution in [0.1, 0.15) is 17.2 Å². The zero-order chi connectivity index (χ0) is 13.5. The van der Waals surface area contributed by atoms with Crippen LogP contribution in [-0.4, -0.2) is 4.98 Å². The first-order chi connectivity index (χ1) is 9.35. The number of benzene rings is 1. The average Bonchev–Trinajstić information content (AvgIpc) is 2.49. The van der Waals surface area contributed by atoms with Crippen LogP contribution in [-0.2, 0) is 6.42 Å². The Balaban J connectivity index is 2.31. The van der Waals surface area contributed by atoms with Gasteiger partial charge in [-0.2, -0.15) is 10.5 Å². The highest BCUT2D eigenvalue weighted by atomic mass is 14.7. The molecule has 2 aromatic rings. The smallest absolute Gasteiger partial charge is 0.140 e. The SMILES string of the molecule is N#CC(C#N)C(Cc1ccccn1)c1ccccc1. The minimum absolute atomic E-state index is 0.147. The Morgan fingerprint density at radius 1 is 0.947 bits per heavy atom. The zero-order valence-corrected chi connectivity index (χ0v) is 10.4. The van der Waals surface area contributed by atoms with Gasteiger partial charge in [0.15, 0.2) is 0 Å². The maximum atomic E-state index is 9.14. The maximum Gasteiger partial charge on any atom is 0.140 e. The Hall–Kier alpha value is -2.65. The third-order valence-corrected chi connectivity index (χ3v) is 3.06. The molecule has 0 aliphatic rings. The van der Waals surface area contributed by atoms with Crippen LogP contribution >= 0.6 is 0 Å². The summed E-state index contributed by atoms with van der Waals surface area (Å²) in [6.45, 7) is 0. The van der Waals surface area contributed by atoms with Gasteiger partial charge in [-0.3, -0.25) is 4.98 Å². The molecule has 1 aromatic carbocycles. The third kappa shape index (κ3) is 3.18. The molecule has 0 N–H and O–H groups in total.